The van der Waals surface area contributed by atoms with Gasteiger partial charge in [0, 0.05) is 12.6 Å². The van der Waals surface area contributed by atoms with Gasteiger partial charge >= 0.3 is 6.03 Å². The van der Waals surface area contributed by atoms with E-state index in [1.165, 1.54) is 32.1 Å². The van der Waals surface area contributed by atoms with E-state index in [0.29, 0.717) is 6.04 Å². The van der Waals surface area contributed by atoms with E-state index < -0.39 is 0 Å². The summed E-state index contributed by atoms with van der Waals surface area (Å²) in [5, 5.41) is 6.03. The first-order chi connectivity index (χ1) is 7.76. The Morgan fingerprint density at radius 3 is 2.50 bits per heavy atom. The van der Waals surface area contributed by atoms with Gasteiger partial charge in [0.05, 0.1) is 0 Å². The van der Waals surface area contributed by atoms with Crippen molar-refractivity contribution in [1.29, 1.82) is 0 Å². The van der Waals surface area contributed by atoms with Crippen LogP contribution in [0.4, 0.5) is 4.79 Å². The zero-order valence-corrected chi connectivity index (χ0v) is 10.0. The molecule has 2 N–H and O–H groups in total. The molecule has 3 aliphatic carbocycles. The Bertz CT molecular complexity index is 290. The molecule has 16 heavy (non-hydrogen) atoms. The number of fused-ring (bicyclic) bond motifs is 2. The lowest BCUT2D eigenvalue weighted by Gasteiger charge is -2.40. The minimum Gasteiger partial charge on any atom is -0.338 e. The second kappa shape index (κ2) is 3.94. The van der Waals surface area contributed by atoms with Crippen molar-refractivity contribution in [2.24, 2.45) is 23.7 Å². The Hall–Kier alpha value is -0.730. The van der Waals surface area contributed by atoms with Crippen LogP contribution in [0.2, 0.25) is 0 Å². The lowest BCUT2D eigenvalue weighted by Crippen LogP contribution is -2.49. The molecule has 3 saturated carbocycles. The lowest BCUT2D eigenvalue weighted by atomic mass is 9.69. The van der Waals surface area contributed by atoms with E-state index in [9.17, 15) is 4.79 Å². The Morgan fingerprint density at radius 1 is 1.06 bits per heavy atom. The third kappa shape index (κ3) is 1.70. The number of hydrogen-bond donors (Lipinski definition) is 2. The molecule has 3 fully saturated rings. The van der Waals surface area contributed by atoms with E-state index in [4.69, 9.17) is 0 Å². The van der Waals surface area contributed by atoms with Gasteiger partial charge in [-0.15, -0.1) is 0 Å². The second-order valence-electron chi connectivity index (χ2n) is 5.94. The Labute approximate surface area is 97.4 Å². The van der Waals surface area contributed by atoms with Gasteiger partial charge in [0.2, 0.25) is 0 Å². The molecule has 0 aromatic heterocycles. The van der Waals surface area contributed by atoms with Crippen molar-refractivity contribution in [2.45, 2.75) is 45.1 Å². The number of rotatable bonds is 2. The molecule has 0 spiro atoms. The summed E-state index contributed by atoms with van der Waals surface area (Å²) in [7, 11) is 0. The Kier molecular flexibility index (Phi) is 2.56. The SMILES string of the molecule is CCNC(=O)N[C@@H]1C[C@@H]2C[C@H]3C[C@@H]2C[C@@H]1C3. The normalized spacial score (nSPS) is 44.4. The van der Waals surface area contributed by atoms with Crippen molar-refractivity contribution in [3.8, 4) is 0 Å². The van der Waals surface area contributed by atoms with Crippen molar-refractivity contribution >= 4 is 6.03 Å². The number of carbonyl (C=O) groups excluding carboxylic acids is 1. The van der Waals surface area contributed by atoms with Gasteiger partial charge in [0.15, 0.2) is 0 Å². The maximum atomic E-state index is 11.6. The number of amides is 2. The molecule has 2 amide bonds. The summed E-state index contributed by atoms with van der Waals surface area (Å²) in [6, 6.07) is 0.492. The molecule has 0 saturated heterocycles. The van der Waals surface area contributed by atoms with Crippen LogP contribution < -0.4 is 10.6 Å². The van der Waals surface area contributed by atoms with E-state index in [0.717, 1.165) is 30.2 Å². The highest BCUT2D eigenvalue weighted by molar-refractivity contribution is 5.74. The Balaban J connectivity index is 1.63. The lowest BCUT2D eigenvalue weighted by molar-refractivity contribution is 0.134. The summed E-state index contributed by atoms with van der Waals surface area (Å²) < 4.78 is 0. The first-order valence-electron chi connectivity index (χ1n) is 6.80. The molecular formula is C13H22N2O. The molecule has 3 aliphatic rings. The van der Waals surface area contributed by atoms with Crippen molar-refractivity contribution < 1.29 is 4.79 Å². The zero-order valence-electron chi connectivity index (χ0n) is 10.0. The summed E-state index contributed by atoms with van der Waals surface area (Å²) in [5.74, 6) is 3.66. The minimum absolute atomic E-state index is 0.0359. The standard InChI is InChI=1S/C13H22N2O/c1-2-14-13(16)15-12-7-10-4-8-3-9(10)6-11(12)5-8/h8-12H,2-7H2,1H3,(H2,14,15,16)/t8-,9-,10+,11+,12-/m1/s1. The van der Waals surface area contributed by atoms with Crippen LogP contribution in [0.15, 0.2) is 0 Å². The summed E-state index contributed by atoms with van der Waals surface area (Å²) in [5.41, 5.74) is 0. The maximum Gasteiger partial charge on any atom is 0.315 e. The number of carbonyl (C=O) groups is 1. The van der Waals surface area contributed by atoms with Crippen LogP contribution in [0.1, 0.15) is 39.0 Å². The molecule has 5 atom stereocenters. The van der Waals surface area contributed by atoms with Crippen LogP contribution in [-0.2, 0) is 0 Å². The average Bonchev–Trinajstić information content (AvgIpc) is 2.44. The monoisotopic (exact) mass is 222 g/mol. The molecule has 0 unspecified atom stereocenters. The van der Waals surface area contributed by atoms with E-state index in [1.807, 2.05) is 6.92 Å². The van der Waals surface area contributed by atoms with E-state index >= 15 is 0 Å². The molecule has 90 valence electrons. The van der Waals surface area contributed by atoms with Crippen LogP contribution in [0, 0.1) is 23.7 Å². The highest BCUT2D eigenvalue weighted by atomic mass is 16.2. The maximum absolute atomic E-state index is 11.6. The largest absolute Gasteiger partial charge is 0.338 e. The van der Waals surface area contributed by atoms with Gasteiger partial charge in [0.25, 0.3) is 0 Å². The fourth-order valence-electron chi connectivity index (χ4n) is 4.42. The molecule has 3 bridgehead atoms. The highest BCUT2D eigenvalue weighted by Crippen LogP contribution is 2.54. The summed E-state index contributed by atoms with van der Waals surface area (Å²) in [4.78, 5) is 11.6. The predicted octanol–water partition coefficient (Wildman–Crippen LogP) is 2.13. The highest BCUT2D eigenvalue weighted by Gasteiger charge is 2.48. The first-order valence-corrected chi connectivity index (χ1v) is 6.80. The van der Waals surface area contributed by atoms with Gasteiger partial charge in [-0.3, -0.25) is 0 Å². The zero-order chi connectivity index (χ0) is 11.1. The number of nitrogens with one attached hydrogen (secondary N) is 2. The molecule has 3 heteroatoms. The van der Waals surface area contributed by atoms with Crippen LogP contribution in [0.3, 0.4) is 0 Å². The second-order valence-corrected chi connectivity index (χ2v) is 5.94. The molecule has 3 nitrogen and oxygen atoms in total. The van der Waals surface area contributed by atoms with Gasteiger partial charge in [0.1, 0.15) is 0 Å². The van der Waals surface area contributed by atoms with Gasteiger partial charge in [-0.05, 0) is 62.7 Å². The van der Waals surface area contributed by atoms with Crippen LogP contribution in [0.25, 0.3) is 0 Å². The predicted molar refractivity (Wildman–Crippen MR) is 63.0 cm³/mol. The average molecular weight is 222 g/mol. The third-order valence-corrected chi connectivity index (χ3v) is 4.96. The van der Waals surface area contributed by atoms with E-state index in [2.05, 4.69) is 10.6 Å². The first kappa shape index (κ1) is 10.4. The van der Waals surface area contributed by atoms with Crippen molar-refractivity contribution in [2.75, 3.05) is 6.54 Å². The molecule has 0 aliphatic heterocycles. The smallest absolute Gasteiger partial charge is 0.315 e. The third-order valence-electron chi connectivity index (χ3n) is 4.96. The molecule has 0 aromatic rings. The number of hydrogen-bond acceptors (Lipinski definition) is 1. The fraction of sp³-hybridized carbons (Fsp3) is 0.923. The van der Waals surface area contributed by atoms with Crippen molar-refractivity contribution in [1.82, 2.24) is 10.6 Å². The molecule has 0 radical (unpaired) electrons. The number of urea groups is 1. The van der Waals surface area contributed by atoms with Crippen molar-refractivity contribution in [3.05, 3.63) is 0 Å². The van der Waals surface area contributed by atoms with Crippen LogP contribution in [-0.4, -0.2) is 18.6 Å². The van der Waals surface area contributed by atoms with Crippen molar-refractivity contribution in [3.63, 3.8) is 0 Å². The fourth-order valence-corrected chi connectivity index (χ4v) is 4.42. The van der Waals surface area contributed by atoms with E-state index in [-0.39, 0.29) is 6.03 Å². The summed E-state index contributed by atoms with van der Waals surface area (Å²) in [6.07, 6.45) is 6.90. The van der Waals surface area contributed by atoms with Gasteiger partial charge in [-0.2, -0.15) is 0 Å². The minimum atomic E-state index is 0.0359. The summed E-state index contributed by atoms with van der Waals surface area (Å²) in [6.45, 7) is 2.69. The quantitative estimate of drug-likeness (QED) is 0.738. The Morgan fingerprint density at radius 2 is 1.75 bits per heavy atom. The molecular weight excluding hydrogens is 200 g/mol. The van der Waals surface area contributed by atoms with E-state index in [1.54, 1.807) is 0 Å². The molecule has 3 rings (SSSR count). The van der Waals surface area contributed by atoms with Crippen LogP contribution in [0.5, 0.6) is 0 Å². The van der Waals surface area contributed by atoms with Gasteiger partial charge in [-0.25, -0.2) is 4.79 Å². The van der Waals surface area contributed by atoms with Crippen LogP contribution >= 0.6 is 0 Å². The summed E-state index contributed by atoms with van der Waals surface area (Å²) >= 11 is 0. The van der Waals surface area contributed by atoms with Gasteiger partial charge < -0.3 is 10.6 Å². The molecule has 0 heterocycles. The molecule has 0 aromatic carbocycles. The topological polar surface area (TPSA) is 41.1 Å². The van der Waals surface area contributed by atoms with Gasteiger partial charge in [-0.1, -0.05) is 0 Å².